The number of nitro groups is 1. The minimum Gasteiger partial charge on any atom is -0.327 e. The fourth-order valence-corrected chi connectivity index (χ4v) is 2.48. The molecule has 2 aromatic heterocycles. The standard InChI is InChI=1S/C15H14N4O2/c16-8-12-10-18(15-13(12)5-3-7-17-15)9-11-4-1-2-6-14(11)19(20)21/h1-7,10H,8-9,16H2. The first-order chi connectivity index (χ1) is 10.2. The number of nitrogens with two attached hydrogens (primary N) is 1. The summed E-state index contributed by atoms with van der Waals surface area (Å²) in [6.45, 7) is 0.802. The van der Waals surface area contributed by atoms with Gasteiger partial charge in [-0.1, -0.05) is 18.2 Å². The highest BCUT2D eigenvalue weighted by molar-refractivity contribution is 5.80. The Balaban J connectivity index is 2.09. The van der Waals surface area contributed by atoms with Gasteiger partial charge in [0.15, 0.2) is 0 Å². The number of para-hydroxylation sites is 1. The van der Waals surface area contributed by atoms with Gasteiger partial charge in [-0.3, -0.25) is 10.1 Å². The predicted molar refractivity (Wildman–Crippen MR) is 79.8 cm³/mol. The van der Waals surface area contributed by atoms with Crippen LogP contribution in [0.2, 0.25) is 0 Å². The summed E-state index contributed by atoms with van der Waals surface area (Å²) in [5, 5.41) is 12.1. The number of aromatic nitrogens is 2. The number of fused-ring (bicyclic) bond motifs is 1. The Morgan fingerprint density at radius 1 is 1.19 bits per heavy atom. The maximum atomic E-state index is 11.1. The van der Waals surface area contributed by atoms with Crippen molar-refractivity contribution in [2.75, 3.05) is 0 Å². The third-order valence-corrected chi connectivity index (χ3v) is 3.47. The van der Waals surface area contributed by atoms with Crippen molar-refractivity contribution >= 4 is 16.7 Å². The molecule has 0 aliphatic heterocycles. The first-order valence-electron chi connectivity index (χ1n) is 6.56. The second kappa shape index (κ2) is 5.34. The fraction of sp³-hybridized carbons (Fsp3) is 0.133. The molecule has 3 rings (SSSR count). The zero-order chi connectivity index (χ0) is 14.8. The number of benzene rings is 1. The van der Waals surface area contributed by atoms with E-state index in [9.17, 15) is 10.1 Å². The Hall–Kier alpha value is -2.73. The lowest BCUT2D eigenvalue weighted by atomic mass is 10.2. The molecule has 0 aliphatic carbocycles. The molecule has 0 atom stereocenters. The highest BCUT2D eigenvalue weighted by Crippen LogP contribution is 2.23. The van der Waals surface area contributed by atoms with Crippen molar-refractivity contribution in [2.45, 2.75) is 13.1 Å². The average Bonchev–Trinajstić information content (AvgIpc) is 2.86. The number of hydrogen-bond donors (Lipinski definition) is 1. The lowest BCUT2D eigenvalue weighted by Gasteiger charge is -2.05. The lowest BCUT2D eigenvalue weighted by Crippen LogP contribution is -2.03. The topological polar surface area (TPSA) is 87.0 Å². The molecule has 0 bridgehead atoms. The monoisotopic (exact) mass is 282 g/mol. The van der Waals surface area contributed by atoms with E-state index in [0.29, 0.717) is 18.7 Å². The summed E-state index contributed by atoms with van der Waals surface area (Å²) in [5.74, 6) is 0. The van der Waals surface area contributed by atoms with E-state index in [-0.39, 0.29) is 10.6 Å². The van der Waals surface area contributed by atoms with Crippen molar-refractivity contribution in [3.63, 3.8) is 0 Å². The van der Waals surface area contributed by atoms with Crippen molar-refractivity contribution < 1.29 is 4.92 Å². The van der Waals surface area contributed by atoms with Gasteiger partial charge in [-0.25, -0.2) is 4.98 Å². The van der Waals surface area contributed by atoms with E-state index in [0.717, 1.165) is 16.6 Å². The van der Waals surface area contributed by atoms with Crippen LogP contribution in [0.25, 0.3) is 11.0 Å². The number of pyridine rings is 1. The summed E-state index contributed by atoms with van der Waals surface area (Å²) >= 11 is 0. The molecule has 2 N–H and O–H groups in total. The average molecular weight is 282 g/mol. The van der Waals surface area contributed by atoms with Crippen LogP contribution >= 0.6 is 0 Å². The normalized spacial score (nSPS) is 10.9. The molecule has 6 nitrogen and oxygen atoms in total. The lowest BCUT2D eigenvalue weighted by molar-refractivity contribution is -0.385. The number of rotatable bonds is 4. The van der Waals surface area contributed by atoms with E-state index < -0.39 is 0 Å². The zero-order valence-corrected chi connectivity index (χ0v) is 11.3. The molecule has 1 aromatic carbocycles. The molecule has 0 saturated carbocycles. The minimum atomic E-state index is -0.363. The number of nitro benzene ring substituents is 1. The van der Waals surface area contributed by atoms with Crippen molar-refractivity contribution in [2.24, 2.45) is 5.73 Å². The summed E-state index contributed by atoms with van der Waals surface area (Å²) in [6.07, 6.45) is 3.62. The molecule has 0 unspecified atom stereocenters. The summed E-state index contributed by atoms with van der Waals surface area (Å²) in [7, 11) is 0. The Morgan fingerprint density at radius 2 is 2.00 bits per heavy atom. The van der Waals surface area contributed by atoms with Crippen molar-refractivity contribution in [1.29, 1.82) is 0 Å². The Morgan fingerprint density at radius 3 is 2.76 bits per heavy atom. The van der Waals surface area contributed by atoms with Crippen molar-refractivity contribution in [3.8, 4) is 0 Å². The Kier molecular flexibility index (Phi) is 3.37. The van der Waals surface area contributed by atoms with Gasteiger partial charge in [-0.05, 0) is 17.7 Å². The maximum absolute atomic E-state index is 11.1. The molecule has 2 heterocycles. The molecule has 0 radical (unpaired) electrons. The first kappa shape index (κ1) is 13.3. The van der Waals surface area contributed by atoms with Crippen molar-refractivity contribution in [1.82, 2.24) is 9.55 Å². The fourth-order valence-electron chi connectivity index (χ4n) is 2.48. The summed E-state index contributed by atoms with van der Waals surface area (Å²) in [5.41, 5.74) is 8.28. The highest BCUT2D eigenvalue weighted by Gasteiger charge is 2.15. The third kappa shape index (κ3) is 2.36. The molecule has 0 saturated heterocycles. The second-order valence-corrected chi connectivity index (χ2v) is 4.75. The van der Waals surface area contributed by atoms with Crippen LogP contribution in [0.15, 0.2) is 48.8 Å². The highest BCUT2D eigenvalue weighted by atomic mass is 16.6. The van der Waals surface area contributed by atoms with Gasteiger partial charge in [0.05, 0.1) is 11.5 Å². The van der Waals surface area contributed by atoms with Gasteiger partial charge in [0.25, 0.3) is 5.69 Å². The molecule has 106 valence electrons. The van der Waals surface area contributed by atoms with Gasteiger partial charge in [0, 0.05) is 36.0 Å². The first-order valence-corrected chi connectivity index (χ1v) is 6.56. The molecule has 0 amide bonds. The molecule has 0 aliphatic rings. The smallest absolute Gasteiger partial charge is 0.274 e. The molecular formula is C15H14N4O2. The molecular weight excluding hydrogens is 268 g/mol. The van der Waals surface area contributed by atoms with Crippen LogP contribution in [0.3, 0.4) is 0 Å². The molecule has 3 aromatic rings. The van der Waals surface area contributed by atoms with Crippen LogP contribution in [0.5, 0.6) is 0 Å². The van der Waals surface area contributed by atoms with Gasteiger partial charge in [0.2, 0.25) is 0 Å². The molecule has 6 heteroatoms. The summed E-state index contributed by atoms with van der Waals surface area (Å²) < 4.78 is 1.90. The van der Waals surface area contributed by atoms with Crippen molar-refractivity contribution in [3.05, 3.63) is 70.0 Å². The second-order valence-electron chi connectivity index (χ2n) is 4.75. The number of nitrogens with zero attached hydrogens (tertiary/aromatic N) is 3. The van der Waals surface area contributed by atoms with E-state index in [4.69, 9.17) is 5.73 Å². The van der Waals surface area contributed by atoms with E-state index in [1.807, 2.05) is 22.9 Å². The van der Waals surface area contributed by atoms with E-state index in [2.05, 4.69) is 4.98 Å². The summed E-state index contributed by atoms with van der Waals surface area (Å²) in [4.78, 5) is 15.1. The zero-order valence-electron chi connectivity index (χ0n) is 11.3. The van der Waals surface area contributed by atoms with Gasteiger partial charge < -0.3 is 10.3 Å². The van der Waals surface area contributed by atoms with Crippen LogP contribution in [0, 0.1) is 10.1 Å². The van der Waals surface area contributed by atoms with Gasteiger partial charge in [-0.2, -0.15) is 0 Å². The Labute approximate surface area is 121 Å². The molecule has 0 spiro atoms. The van der Waals surface area contributed by atoms with Crippen LogP contribution in [-0.2, 0) is 13.1 Å². The van der Waals surface area contributed by atoms with Crippen LogP contribution in [-0.4, -0.2) is 14.5 Å². The molecule has 21 heavy (non-hydrogen) atoms. The largest absolute Gasteiger partial charge is 0.327 e. The van der Waals surface area contributed by atoms with Crippen LogP contribution in [0.1, 0.15) is 11.1 Å². The third-order valence-electron chi connectivity index (χ3n) is 3.47. The SMILES string of the molecule is NCc1cn(Cc2ccccc2[N+](=O)[O-])c2ncccc12. The molecule has 0 fully saturated rings. The van der Waals surface area contributed by atoms with Crippen LogP contribution < -0.4 is 5.73 Å². The minimum absolute atomic E-state index is 0.115. The maximum Gasteiger partial charge on any atom is 0.274 e. The van der Waals surface area contributed by atoms with Gasteiger partial charge >= 0.3 is 0 Å². The number of hydrogen-bond acceptors (Lipinski definition) is 4. The predicted octanol–water partition coefficient (Wildman–Crippen LogP) is 2.45. The van der Waals surface area contributed by atoms with Gasteiger partial charge in [-0.15, -0.1) is 0 Å². The van der Waals surface area contributed by atoms with E-state index in [1.54, 1.807) is 24.4 Å². The summed E-state index contributed by atoms with van der Waals surface area (Å²) in [6, 6.07) is 10.6. The quantitative estimate of drug-likeness (QED) is 0.588. The van der Waals surface area contributed by atoms with Gasteiger partial charge in [0.1, 0.15) is 5.65 Å². The Bertz CT molecular complexity index is 810. The van der Waals surface area contributed by atoms with E-state index in [1.165, 1.54) is 6.07 Å². The van der Waals surface area contributed by atoms with Crippen LogP contribution in [0.4, 0.5) is 5.69 Å². The van der Waals surface area contributed by atoms with E-state index >= 15 is 0 Å².